The Kier molecular flexibility index (Phi) is 4.38. The van der Waals surface area contributed by atoms with E-state index in [1.807, 2.05) is 11.9 Å². The quantitative estimate of drug-likeness (QED) is 0.385. The van der Waals surface area contributed by atoms with Gasteiger partial charge in [-0.1, -0.05) is 12.7 Å². The molecular formula is C8H17BN2O3. The van der Waals surface area contributed by atoms with Crippen LogP contribution in [0.5, 0.6) is 0 Å². The normalized spacial score (nSPS) is 27.9. The number of rotatable bonds is 5. The van der Waals surface area contributed by atoms with E-state index in [-0.39, 0.29) is 13.5 Å². The van der Waals surface area contributed by atoms with E-state index in [1.54, 1.807) is 0 Å². The molecular weight excluding hydrogens is 183 g/mol. The summed E-state index contributed by atoms with van der Waals surface area (Å²) < 4.78 is 0. The topological polar surface area (TPSA) is 72.8 Å². The highest BCUT2D eigenvalue weighted by Crippen LogP contribution is 2.16. The summed E-state index contributed by atoms with van der Waals surface area (Å²) >= 11 is 0. The van der Waals surface area contributed by atoms with Gasteiger partial charge in [-0.2, -0.15) is 0 Å². The summed E-state index contributed by atoms with van der Waals surface area (Å²) in [5.41, 5.74) is 0. The van der Waals surface area contributed by atoms with E-state index in [2.05, 4.69) is 5.32 Å². The third-order valence-electron chi connectivity index (χ3n) is 2.69. The van der Waals surface area contributed by atoms with E-state index in [9.17, 15) is 4.79 Å². The van der Waals surface area contributed by atoms with Crippen molar-refractivity contribution < 1.29 is 14.9 Å². The zero-order valence-corrected chi connectivity index (χ0v) is 8.44. The lowest BCUT2D eigenvalue weighted by atomic mass is 9.90. The van der Waals surface area contributed by atoms with Gasteiger partial charge in [0.05, 0.1) is 0 Å². The third kappa shape index (κ3) is 2.70. The van der Waals surface area contributed by atoms with Crippen molar-refractivity contribution in [3.05, 3.63) is 0 Å². The van der Waals surface area contributed by atoms with Gasteiger partial charge in [-0.05, 0) is 13.5 Å². The van der Waals surface area contributed by atoms with Crippen molar-refractivity contribution in [2.24, 2.45) is 0 Å². The number of nitrogens with zero attached hydrogens (tertiary/aromatic N) is 1. The molecule has 1 aliphatic heterocycles. The first-order chi connectivity index (χ1) is 6.66. The number of carbonyl (C=O) groups is 1. The fourth-order valence-corrected chi connectivity index (χ4v) is 1.85. The lowest BCUT2D eigenvalue weighted by molar-refractivity contribution is -0.139. The van der Waals surface area contributed by atoms with Gasteiger partial charge in [-0.25, -0.2) is 0 Å². The SMILES string of the molecule is CN1CN[C@H](C(=O)O)C1CCCBO. The molecule has 5 nitrogen and oxygen atoms in total. The van der Waals surface area contributed by atoms with E-state index < -0.39 is 12.0 Å². The molecule has 0 amide bonds. The molecule has 0 aliphatic carbocycles. The lowest BCUT2D eigenvalue weighted by Gasteiger charge is -2.21. The van der Waals surface area contributed by atoms with Crippen LogP contribution >= 0.6 is 0 Å². The minimum absolute atomic E-state index is 0.0547. The molecule has 1 heterocycles. The molecule has 14 heavy (non-hydrogen) atoms. The van der Waals surface area contributed by atoms with Gasteiger partial charge >= 0.3 is 5.97 Å². The van der Waals surface area contributed by atoms with Gasteiger partial charge in [-0.15, -0.1) is 0 Å². The number of carboxylic acid groups (broad SMARTS) is 1. The zero-order chi connectivity index (χ0) is 10.6. The summed E-state index contributed by atoms with van der Waals surface area (Å²) in [6.07, 6.45) is 2.44. The monoisotopic (exact) mass is 200 g/mol. The van der Waals surface area contributed by atoms with Gasteiger partial charge in [0.25, 0.3) is 7.48 Å². The van der Waals surface area contributed by atoms with Crippen LogP contribution in [0.25, 0.3) is 0 Å². The Labute approximate surface area is 84.4 Å². The Hall–Kier alpha value is -0.585. The van der Waals surface area contributed by atoms with Gasteiger partial charge in [0.2, 0.25) is 0 Å². The van der Waals surface area contributed by atoms with Crippen LogP contribution in [0.2, 0.25) is 6.32 Å². The Morgan fingerprint density at radius 1 is 1.71 bits per heavy atom. The van der Waals surface area contributed by atoms with Gasteiger partial charge in [0.15, 0.2) is 0 Å². The van der Waals surface area contributed by atoms with Crippen LogP contribution in [0.4, 0.5) is 0 Å². The van der Waals surface area contributed by atoms with Crippen LogP contribution < -0.4 is 5.32 Å². The maximum Gasteiger partial charge on any atom is 0.322 e. The number of hydrogen-bond acceptors (Lipinski definition) is 4. The molecule has 1 unspecified atom stereocenters. The molecule has 0 aromatic heterocycles. The van der Waals surface area contributed by atoms with Crippen molar-refractivity contribution in [2.75, 3.05) is 13.7 Å². The molecule has 1 fully saturated rings. The first-order valence-corrected chi connectivity index (χ1v) is 4.94. The predicted octanol–water partition coefficient (Wildman–Crippen LogP) is -1.16. The minimum Gasteiger partial charge on any atom is -0.480 e. The third-order valence-corrected chi connectivity index (χ3v) is 2.69. The van der Waals surface area contributed by atoms with E-state index in [0.717, 1.165) is 19.2 Å². The summed E-state index contributed by atoms with van der Waals surface area (Å²) in [6.45, 7) is 0.626. The van der Waals surface area contributed by atoms with Crippen molar-refractivity contribution in [3.63, 3.8) is 0 Å². The molecule has 0 bridgehead atoms. The largest absolute Gasteiger partial charge is 0.480 e. The average molecular weight is 200 g/mol. The van der Waals surface area contributed by atoms with Crippen LogP contribution in [0, 0.1) is 0 Å². The summed E-state index contributed by atoms with van der Waals surface area (Å²) in [5.74, 6) is -0.789. The molecule has 0 aromatic carbocycles. The molecule has 0 spiro atoms. The molecule has 0 saturated carbocycles. The summed E-state index contributed by atoms with van der Waals surface area (Å²) in [5, 5.41) is 20.5. The molecule has 3 N–H and O–H groups in total. The fourth-order valence-electron chi connectivity index (χ4n) is 1.85. The van der Waals surface area contributed by atoms with Crippen molar-refractivity contribution in [1.29, 1.82) is 0 Å². The number of nitrogens with one attached hydrogen (secondary N) is 1. The first kappa shape index (κ1) is 11.5. The zero-order valence-electron chi connectivity index (χ0n) is 8.44. The number of hydrogen-bond donors (Lipinski definition) is 3. The lowest BCUT2D eigenvalue weighted by Crippen LogP contribution is -2.40. The first-order valence-electron chi connectivity index (χ1n) is 4.94. The second-order valence-corrected chi connectivity index (χ2v) is 3.72. The summed E-state index contributed by atoms with van der Waals surface area (Å²) in [4.78, 5) is 12.9. The molecule has 80 valence electrons. The molecule has 2 atom stereocenters. The van der Waals surface area contributed by atoms with Crippen LogP contribution in [0.1, 0.15) is 12.8 Å². The molecule has 0 radical (unpaired) electrons. The number of aliphatic carboxylic acids is 1. The molecule has 6 heteroatoms. The smallest absolute Gasteiger partial charge is 0.322 e. The van der Waals surface area contributed by atoms with E-state index in [1.165, 1.54) is 0 Å². The van der Waals surface area contributed by atoms with Gasteiger partial charge < -0.3 is 10.1 Å². The van der Waals surface area contributed by atoms with Crippen LogP contribution in [0.15, 0.2) is 0 Å². The van der Waals surface area contributed by atoms with E-state index >= 15 is 0 Å². The standard InChI is InChI=1S/C8H17BN2O3/c1-11-5-10-7(8(12)13)6(11)3-2-4-9-14/h6-7,9-10,14H,2-5H2,1H3,(H,12,13)/t6?,7-/m0/s1. The van der Waals surface area contributed by atoms with Crippen LogP contribution in [-0.4, -0.2) is 54.3 Å². The van der Waals surface area contributed by atoms with Crippen molar-refractivity contribution in [2.45, 2.75) is 31.2 Å². The Bertz CT molecular complexity index is 203. The second-order valence-electron chi connectivity index (χ2n) is 3.72. The highest BCUT2D eigenvalue weighted by molar-refractivity contribution is 6.25. The van der Waals surface area contributed by atoms with Crippen LogP contribution in [0.3, 0.4) is 0 Å². The average Bonchev–Trinajstić information content (AvgIpc) is 2.48. The van der Waals surface area contributed by atoms with Gasteiger partial charge in [-0.3, -0.25) is 15.0 Å². The van der Waals surface area contributed by atoms with Crippen molar-refractivity contribution in [1.82, 2.24) is 10.2 Å². The molecule has 0 aromatic rings. The van der Waals surface area contributed by atoms with Gasteiger partial charge in [0, 0.05) is 12.7 Å². The predicted molar refractivity (Wildman–Crippen MR) is 54.4 cm³/mol. The summed E-state index contributed by atoms with van der Waals surface area (Å²) in [6, 6.07) is -0.405. The Balaban J connectivity index is 2.41. The highest BCUT2D eigenvalue weighted by Gasteiger charge is 2.35. The number of carboxylic acids is 1. The molecule has 1 aliphatic rings. The molecule has 1 rings (SSSR count). The van der Waals surface area contributed by atoms with E-state index in [4.69, 9.17) is 10.1 Å². The van der Waals surface area contributed by atoms with Gasteiger partial charge in [0.1, 0.15) is 6.04 Å². The van der Waals surface area contributed by atoms with Crippen molar-refractivity contribution >= 4 is 13.5 Å². The minimum atomic E-state index is -0.789. The van der Waals surface area contributed by atoms with Crippen molar-refractivity contribution in [3.8, 4) is 0 Å². The number of likely N-dealkylation sites (N-methyl/N-ethyl adjacent to an activating group) is 1. The van der Waals surface area contributed by atoms with E-state index in [0.29, 0.717) is 6.67 Å². The highest BCUT2D eigenvalue weighted by atomic mass is 16.4. The Morgan fingerprint density at radius 3 is 3.00 bits per heavy atom. The Morgan fingerprint density at radius 2 is 2.43 bits per heavy atom. The maximum atomic E-state index is 10.9. The summed E-state index contributed by atoms with van der Waals surface area (Å²) in [7, 11) is 2.10. The van der Waals surface area contributed by atoms with Crippen LogP contribution in [-0.2, 0) is 4.79 Å². The fraction of sp³-hybridized carbons (Fsp3) is 0.875. The maximum absolute atomic E-state index is 10.9. The molecule has 1 saturated heterocycles. The second kappa shape index (κ2) is 5.33.